The van der Waals surface area contributed by atoms with Crippen LogP contribution in [-0.2, 0) is 6.42 Å². The first-order valence-electron chi connectivity index (χ1n) is 6.54. The molecule has 0 radical (unpaired) electrons. The molecular weight excluding hydrogens is 236 g/mol. The van der Waals surface area contributed by atoms with Crippen molar-refractivity contribution in [3.63, 3.8) is 0 Å². The zero-order valence-electron chi connectivity index (χ0n) is 11.5. The second-order valence-corrected chi connectivity index (χ2v) is 4.78. The van der Waals surface area contributed by atoms with Gasteiger partial charge in [0.25, 0.3) is 0 Å². The molecule has 1 atom stereocenters. The Labute approximate surface area is 114 Å². The van der Waals surface area contributed by atoms with Crippen LogP contribution in [0.2, 0.25) is 0 Å². The van der Waals surface area contributed by atoms with E-state index in [0.29, 0.717) is 6.61 Å². The lowest BCUT2D eigenvalue weighted by Gasteiger charge is -2.14. The molecule has 100 valence electrons. The Bertz CT molecular complexity index is 524. The van der Waals surface area contributed by atoms with Crippen molar-refractivity contribution in [1.82, 2.24) is 4.98 Å². The van der Waals surface area contributed by atoms with E-state index in [2.05, 4.69) is 18.0 Å². The molecule has 1 aromatic carbocycles. The Morgan fingerprint density at radius 2 is 1.95 bits per heavy atom. The Morgan fingerprint density at radius 3 is 2.63 bits per heavy atom. The molecular formula is C16H20N2O. The number of aryl methyl sites for hydroxylation is 1. The molecule has 0 saturated carbocycles. The molecule has 0 aliphatic rings. The van der Waals surface area contributed by atoms with Gasteiger partial charge in [-0.05, 0) is 43.2 Å². The lowest BCUT2D eigenvalue weighted by molar-refractivity contribution is 0.317. The summed E-state index contributed by atoms with van der Waals surface area (Å²) in [5.41, 5.74) is 9.43. The van der Waals surface area contributed by atoms with Crippen molar-refractivity contribution in [3.05, 3.63) is 59.4 Å². The first kappa shape index (κ1) is 13.6. The van der Waals surface area contributed by atoms with Gasteiger partial charge in [-0.25, -0.2) is 0 Å². The summed E-state index contributed by atoms with van der Waals surface area (Å²) in [5.74, 6) is 0.893. The lowest BCUT2D eigenvalue weighted by atomic mass is 10.1. The standard InChI is InChI=1S/C16H20N2O/c1-12-3-4-15(13(2)17)16(11-12)19-10-7-14-5-8-18-9-6-14/h3-6,8-9,11,13H,7,10,17H2,1-2H3/t13-/m1/s1. The second-order valence-electron chi connectivity index (χ2n) is 4.78. The normalized spacial score (nSPS) is 12.2. The number of pyridine rings is 1. The number of hydrogen-bond acceptors (Lipinski definition) is 3. The van der Waals surface area contributed by atoms with Gasteiger partial charge in [0.15, 0.2) is 0 Å². The van der Waals surface area contributed by atoms with Crippen LogP contribution in [0.1, 0.15) is 29.7 Å². The van der Waals surface area contributed by atoms with Crippen molar-refractivity contribution >= 4 is 0 Å². The third-order valence-electron chi connectivity index (χ3n) is 3.06. The van der Waals surface area contributed by atoms with Gasteiger partial charge in [0, 0.05) is 30.4 Å². The average molecular weight is 256 g/mol. The fraction of sp³-hybridized carbons (Fsp3) is 0.312. The van der Waals surface area contributed by atoms with Gasteiger partial charge in [0.05, 0.1) is 6.61 Å². The molecule has 3 heteroatoms. The number of nitrogens with zero attached hydrogens (tertiary/aromatic N) is 1. The van der Waals surface area contributed by atoms with Gasteiger partial charge < -0.3 is 10.5 Å². The molecule has 2 N–H and O–H groups in total. The molecule has 0 unspecified atom stereocenters. The minimum atomic E-state index is -0.0171. The van der Waals surface area contributed by atoms with E-state index >= 15 is 0 Å². The zero-order chi connectivity index (χ0) is 13.7. The van der Waals surface area contributed by atoms with Crippen molar-refractivity contribution < 1.29 is 4.74 Å². The predicted molar refractivity (Wildman–Crippen MR) is 77.2 cm³/mol. The van der Waals surface area contributed by atoms with Gasteiger partial charge in [0.2, 0.25) is 0 Å². The van der Waals surface area contributed by atoms with Crippen LogP contribution in [0.5, 0.6) is 5.75 Å². The van der Waals surface area contributed by atoms with E-state index in [4.69, 9.17) is 10.5 Å². The Balaban J connectivity index is 2.01. The summed E-state index contributed by atoms with van der Waals surface area (Å²) < 4.78 is 5.88. The summed E-state index contributed by atoms with van der Waals surface area (Å²) in [4.78, 5) is 4.00. The summed E-state index contributed by atoms with van der Waals surface area (Å²) >= 11 is 0. The smallest absolute Gasteiger partial charge is 0.124 e. The molecule has 0 aliphatic carbocycles. The minimum Gasteiger partial charge on any atom is -0.493 e. The maximum absolute atomic E-state index is 5.96. The van der Waals surface area contributed by atoms with Crippen molar-refractivity contribution in [2.45, 2.75) is 26.3 Å². The van der Waals surface area contributed by atoms with E-state index in [0.717, 1.165) is 17.7 Å². The van der Waals surface area contributed by atoms with Crippen LogP contribution in [-0.4, -0.2) is 11.6 Å². The highest BCUT2D eigenvalue weighted by Gasteiger charge is 2.08. The second kappa shape index (κ2) is 6.34. The van der Waals surface area contributed by atoms with E-state index in [1.165, 1.54) is 11.1 Å². The van der Waals surface area contributed by atoms with Crippen molar-refractivity contribution in [2.24, 2.45) is 5.73 Å². The number of ether oxygens (including phenoxy) is 1. The minimum absolute atomic E-state index is 0.0171. The molecule has 2 rings (SSSR count). The highest BCUT2D eigenvalue weighted by Crippen LogP contribution is 2.25. The molecule has 3 nitrogen and oxygen atoms in total. The van der Waals surface area contributed by atoms with Crippen molar-refractivity contribution in [1.29, 1.82) is 0 Å². The highest BCUT2D eigenvalue weighted by atomic mass is 16.5. The van der Waals surface area contributed by atoms with Crippen LogP contribution in [0, 0.1) is 6.92 Å². The fourth-order valence-corrected chi connectivity index (χ4v) is 1.97. The molecule has 1 heterocycles. The highest BCUT2D eigenvalue weighted by molar-refractivity contribution is 5.38. The Morgan fingerprint density at radius 1 is 1.21 bits per heavy atom. The van der Waals surface area contributed by atoms with Crippen molar-refractivity contribution in [3.8, 4) is 5.75 Å². The summed E-state index contributed by atoms with van der Waals surface area (Å²) in [6.07, 6.45) is 4.47. The van der Waals surface area contributed by atoms with Crippen LogP contribution in [0.3, 0.4) is 0 Å². The number of rotatable bonds is 5. The average Bonchev–Trinajstić information content (AvgIpc) is 2.39. The van der Waals surface area contributed by atoms with E-state index in [9.17, 15) is 0 Å². The first-order valence-corrected chi connectivity index (χ1v) is 6.54. The summed E-state index contributed by atoms with van der Waals surface area (Å²) in [5, 5.41) is 0. The SMILES string of the molecule is Cc1ccc([C@@H](C)N)c(OCCc2ccncc2)c1. The Hall–Kier alpha value is -1.87. The van der Waals surface area contributed by atoms with Gasteiger partial charge in [-0.15, -0.1) is 0 Å². The molecule has 0 saturated heterocycles. The number of hydrogen-bond donors (Lipinski definition) is 1. The third-order valence-corrected chi connectivity index (χ3v) is 3.06. The van der Waals surface area contributed by atoms with Gasteiger partial charge in [-0.3, -0.25) is 4.98 Å². The first-order chi connectivity index (χ1) is 9.16. The van der Waals surface area contributed by atoms with E-state index < -0.39 is 0 Å². The molecule has 19 heavy (non-hydrogen) atoms. The van der Waals surface area contributed by atoms with Gasteiger partial charge in [0.1, 0.15) is 5.75 Å². The molecule has 0 fully saturated rings. The summed E-state index contributed by atoms with van der Waals surface area (Å²) in [7, 11) is 0. The molecule has 2 aromatic rings. The van der Waals surface area contributed by atoms with Crippen LogP contribution in [0.4, 0.5) is 0 Å². The van der Waals surface area contributed by atoms with Crippen LogP contribution in [0.15, 0.2) is 42.7 Å². The van der Waals surface area contributed by atoms with Crippen molar-refractivity contribution in [2.75, 3.05) is 6.61 Å². The lowest BCUT2D eigenvalue weighted by Crippen LogP contribution is -2.09. The molecule has 0 bridgehead atoms. The van der Waals surface area contributed by atoms with Crippen LogP contribution in [0.25, 0.3) is 0 Å². The van der Waals surface area contributed by atoms with Crippen LogP contribution < -0.4 is 10.5 Å². The fourth-order valence-electron chi connectivity index (χ4n) is 1.97. The summed E-state index contributed by atoms with van der Waals surface area (Å²) in [6.45, 7) is 4.67. The number of benzene rings is 1. The number of aromatic nitrogens is 1. The van der Waals surface area contributed by atoms with Gasteiger partial charge >= 0.3 is 0 Å². The van der Waals surface area contributed by atoms with Gasteiger partial charge in [-0.2, -0.15) is 0 Å². The monoisotopic (exact) mass is 256 g/mol. The molecule has 0 spiro atoms. The van der Waals surface area contributed by atoms with E-state index in [1.54, 1.807) is 12.4 Å². The molecule has 0 aliphatic heterocycles. The van der Waals surface area contributed by atoms with Crippen LogP contribution >= 0.6 is 0 Å². The topological polar surface area (TPSA) is 48.1 Å². The third kappa shape index (κ3) is 3.80. The quantitative estimate of drug-likeness (QED) is 0.894. The largest absolute Gasteiger partial charge is 0.493 e. The van der Waals surface area contributed by atoms with E-state index in [1.807, 2.05) is 31.2 Å². The Kier molecular flexibility index (Phi) is 4.53. The van der Waals surface area contributed by atoms with Gasteiger partial charge in [-0.1, -0.05) is 12.1 Å². The maximum Gasteiger partial charge on any atom is 0.124 e. The number of nitrogens with two attached hydrogens (primary N) is 1. The zero-order valence-corrected chi connectivity index (χ0v) is 11.5. The molecule has 0 amide bonds. The summed E-state index contributed by atoms with van der Waals surface area (Å²) in [6, 6.07) is 10.1. The van der Waals surface area contributed by atoms with E-state index in [-0.39, 0.29) is 6.04 Å². The predicted octanol–water partition coefficient (Wildman–Crippen LogP) is 3.03. The maximum atomic E-state index is 5.96. The molecule has 1 aromatic heterocycles.